The summed E-state index contributed by atoms with van der Waals surface area (Å²) >= 11 is 0. The first-order chi connectivity index (χ1) is 14.2. The Hall–Kier alpha value is -4.00. The maximum Gasteiger partial charge on any atom is 0.273 e. The van der Waals surface area contributed by atoms with Gasteiger partial charge in [0.1, 0.15) is 17.3 Å². The van der Waals surface area contributed by atoms with Crippen LogP contribution in [0.25, 0.3) is 11.3 Å². The van der Waals surface area contributed by atoms with E-state index in [1.54, 1.807) is 54.9 Å². The van der Waals surface area contributed by atoms with E-state index in [9.17, 15) is 9.18 Å². The van der Waals surface area contributed by atoms with Crippen LogP contribution in [-0.2, 0) is 6.54 Å². The minimum absolute atomic E-state index is 0.202. The highest BCUT2D eigenvalue weighted by Gasteiger charge is 2.13. The van der Waals surface area contributed by atoms with E-state index < -0.39 is 0 Å². The summed E-state index contributed by atoms with van der Waals surface area (Å²) < 4.78 is 23.8. The lowest BCUT2D eigenvalue weighted by Crippen LogP contribution is -2.22. The number of rotatable bonds is 6. The molecular formula is C22H16FN3O3. The van der Waals surface area contributed by atoms with Crippen LogP contribution < -0.4 is 10.1 Å². The molecule has 2 aromatic heterocycles. The van der Waals surface area contributed by atoms with Crippen molar-refractivity contribution in [1.29, 1.82) is 0 Å². The summed E-state index contributed by atoms with van der Waals surface area (Å²) in [4.78, 5) is 16.2. The Labute approximate surface area is 166 Å². The molecule has 0 saturated heterocycles. The fourth-order valence-electron chi connectivity index (χ4n) is 2.62. The first-order valence-corrected chi connectivity index (χ1v) is 8.85. The molecule has 0 bridgehead atoms. The second-order valence-corrected chi connectivity index (χ2v) is 6.19. The van der Waals surface area contributed by atoms with E-state index >= 15 is 0 Å². The predicted octanol–water partition coefficient (Wildman–Crippen LogP) is 4.60. The van der Waals surface area contributed by atoms with Gasteiger partial charge in [-0.3, -0.25) is 9.78 Å². The average molecular weight is 389 g/mol. The van der Waals surface area contributed by atoms with Gasteiger partial charge in [0.05, 0.1) is 0 Å². The predicted molar refractivity (Wildman–Crippen MR) is 104 cm³/mol. The van der Waals surface area contributed by atoms with Crippen molar-refractivity contribution in [3.05, 3.63) is 96.2 Å². The molecule has 0 aliphatic carbocycles. The Bertz CT molecular complexity index is 1090. The molecular weight excluding hydrogens is 373 g/mol. The SMILES string of the molecule is O=C(NCc1ccc(Oc2ccc(F)cc2)cc1)c1cc(-c2ccncc2)on1. The maximum absolute atomic E-state index is 12.9. The number of carbonyl (C=O) groups excluding carboxylic acids is 1. The van der Waals surface area contributed by atoms with Gasteiger partial charge in [-0.15, -0.1) is 0 Å². The number of hydrogen-bond acceptors (Lipinski definition) is 5. The van der Waals surface area contributed by atoms with E-state index in [4.69, 9.17) is 9.26 Å². The van der Waals surface area contributed by atoms with Gasteiger partial charge in [0, 0.05) is 30.6 Å². The maximum atomic E-state index is 12.9. The zero-order chi connectivity index (χ0) is 20.1. The molecule has 7 heteroatoms. The summed E-state index contributed by atoms with van der Waals surface area (Å²) in [6, 6.07) is 18.2. The number of carbonyl (C=O) groups is 1. The molecule has 1 N–H and O–H groups in total. The summed E-state index contributed by atoms with van der Waals surface area (Å²) in [6.45, 7) is 0.326. The van der Waals surface area contributed by atoms with Crippen molar-refractivity contribution < 1.29 is 18.4 Å². The number of hydrogen-bond donors (Lipinski definition) is 1. The van der Waals surface area contributed by atoms with Crippen molar-refractivity contribution in [3.8, 4) is 22.8 Å². The molecule has 144 valence electrons. The number of pyridine rings is 1. The van der Waals surface area contributed by atoms with Crippen LogP contribution in [0.5, 0.6) is 11.5 Å². The largest absolute Gasteiger partial charge is 0.457 e. The summed E-state index contributed by atoms with van der Waals surface area (Å²) in [7, 11) is 0. The van der Waals surface area contributed by atoms with Crippen LogP contribution >= 0.6 is 0 Å². The van der Waals surface area contributed by atoms with Gasteiger partial charge in [-0.2, -0.15) is 0 Å². The van der Waals surface area contributed by atoms with Gasteiger partial charge >= 0.3 is 0 Å². The summed E-state index contributed by atoms with van der Waals surface area (Å²) in [5.74, 6) is 1.01. The Balaban J connectivity index is 1.33. The van der Waals surface area contributed by atoms with Crippen molar-refractivity contribution in [2.24, 2.45) is 0 Å². The topological polar surface area (TPSA) is 77.2 Å². The lowest BCUT2D eigenvalue weighted by Gasteiger charge is -2.07. The number of benzene rings is 2. The van der Waals surface area contributed by atoms with Crippen LogP contribution in [0.2, 0.25) is 0 Å². The molecule has 4 rings (SSSR count). The lowest BCUT2D eigenvalue weighted by atomic mass is 10.2. The molecule has 0 unspecified atom stereocenters. The van der Waals surface area contributed by atoms with Crippen molar-refractivity contribution in [2.75, 3.05) is 0 Å². The molecule has 0 saturated carbocycles. The molecule has 0 aliphatic rings. The highest BCUT2D eigenvalue weighted by atomic mass is 19.1. The normalized spacial score (nSPS) is 10.5. The molecule has 1 amide bonds. The second kappa shape index (κ2) is 8.35. The van der Waals surface area contributed by atoms with Gasteiger partial charge in [0.2, 0.25) is 0 Å². The summed E-state index contributed by atoms with van der Waals surface area (Å²) in [6.07, 6.45) is 3.28. The number of nitrogens with one attached hydrogen (secondary N) is 1. The van der Waals surface area contributed by atoms with E-state index in [2.05, 4.69) is 15.5 Å². The van der Waals surface area contributed by atoms with E-state index in [0.717, 1.165) is 11.1 Å². The minimum Gasteiger partial charge on any atom is -0.457 e. The van der Waals surface area contributed by atoms with Crippen molar-refractivity contribution in [2.45, 2.75) is 6.54 Å². The molecule has 0 aliphatic heterocycles. The van der Waals surface area contributed by atoms with Crippen LogP contribution in [0.4, 0.5) is 4.39 Å². The molecule has 0 radical (unpaired) electrons. The van der Waals surface area contributed by atoms with E-state index in [0.29, 0.717) is 23.8 Å². The first-order valence-electron chi connectivity index (χ1n) is 8.85. The van der Waals surface area contributed by atoms with Crippen molar-refractivity contribution in [3.63, 3.8) is 0 Å². The fourth-order valence-corrected chi connectivity index (χ4v) is 2.62. The summed E-state index contributed by atoms with van der Waals surface area (Å²) in [5.41, 5.74) is 1.89. The van der Waals surface area contributed by atoms with Gasteiger partial charge < -0.3 is 14.6 Å². The van der Waals surface area contributed by atoms with Crippen LogP contribution in [0.3, 0.4) is 0 Å². The van der Waals surface area contributed by atoms with Gasteiger partial charge in [-0.05, 0) is 54.1 Å². The van der Waals surface area contributed by atoms with E-state index in [1.165, 1.54) is 12.1 Å². The molecule has 0 atom stereocenters. The molecule has 2 aromatic carbocycles. The average Bonchev–Trinajstić information content (AvgIpc) is 3.26. The third-order valence-electron chi connectivity index (χ3n) is 4.13. The Kier molecular flexibility index (Phi) is 5.29. The highest BCUT2D eigenvalue weighted by molar-refractivity contribution is 5.93. The number of halogens is 1. The molecule has 2 heterocycles. The van der Waals surface area contributed by atoms with Crippen LogP contribution in [0.15, 0.2) is 83.6 Å². The number of amides is 1. The van der Waals surface area contributed by atoms with Crippen LogP contribution in [0.1, 0.15) is 16.1 Å². The smallest absolute Gasteiger partial charge is 0.273 e. The molecule has 4 aromatic rings. The Morgan fingerprint density at radius 1 is 0.966 bits per heavy atom. The zero-order valence-corrected chi connectivity index (χ0v) is 15.2. The molecule has 6 nitrogen and oxygen atoms in total. The second-order valence-electron chi connectivity index (χ2n) is 6.19. The number of aromatic nitrogens is 2. The number of ether oxygens (including phenoxy) is 1. The molecule has 0 fully saturated rings. The van der Waals surface area contributed by atoms with Gasteiger partial charge in [0.15, 0.2) is 11.5 Å². The quantitative estimate of drug-likeness (QED) is 0.522. The highest BCUT2D eigenvalue weighted by Crippen LogP contribution is 2.22. The van der Waals surface area contributed by atoms with E-state index in [1.807, 2.05) is 12.1 Å². The standard InChI is InChI=1S/C22H16FN3O3/c23-17-3-7-19(8-4-17)28-18-5-1-15(2-6-18)14-25-22(27)20-13-21(29-26-20)16-9-11-24-12-10-16/h1-13H,14H2,(H,25,27). The Morgan fingerprint density at radius 2 is 1.62 bits per heavy atom. The number of nitrogens with zero attached hydrogens (tertiary/aromatic N) is 2. The van der Waals surface area contributed by atoms with Gasteiger partial charge in [-0.1, -0.05) is 17.3 Å². The van der Waals surface area contributed by atoms with Gasteiger partial charge in [-0.25, -0.2) is 4.39 Å². The molecule has 29 heavy (non-hydrogen) atoms. The van der Waals surface area contributed by atoms with Crippen molar-refractivity contribution >= 4 is 5.91 Å². The van der Waals surface area contributed by atoms with E-state index in [-0.39, 0.29) is 17.4 Å². The van der Waals surface area contributed by atoms with Gasteiger partial charge in [0.25, 0.3) is 5.91 Å². The third kappa shape index (κ3) is 4.65. The zero-order valence-electron chi connectivity index (χ0n) is 15.2. The fraction of sp³-hybridized carbons (Fsp3) is 0.0455. The summed E-state index contributed by atoms with van der Waals surface area (Å²) in [5, 5.41) is 6.62. The van der Waals surface area contributed by atoms with Crippen molar-refractivity contribution in [1.82, 2.24) is 15.5 Å². The van der Waals surface area contributed by atoms with Crippen LogP contribution in [0, 0.1) is 5.82 Å². The minimum atomic E-state index is -0.333. The monoisotopic (exact) mass is 389 g/mol. The lowest BCUT2D eigenvalue weighted by molar-refractivity contribution is 0.0942. The third-order valence-corrected chi connectivity index (χ3v) is 4.13. The Morgan fingerprint density at radius 3 is 2.31 bits per heavy atom. The first kappa shape index (κ1) is 18.4. The van der Waals surface area contributed by atoms with Crippen LogP contribution in [-0.4, -0.2) is 16.0 Å². The molecule has 0 spiro atoms.